The fourth-order valence-electron chi connectivity index (χ4n) is 8.88. The summed E-state index contributed by atoms with van der Waals surface area (Å²) >= 11 is 0. The summed E-state index contributed by atoms with van der Waals surface area (Å²) in [6.07, 6.45) is 0. The van der Waals surface area contributed by atoms with Crippen LogP contribution < -0.4 is 4.90 Å². The Hall–Kier alpha value is -7.16. The van der Waals surface area contributed by atoms with E-state index in [1.807, 2.05) is 0 Å². The van der Waals surface area contributed by atoms with Crippen LogP contribution in [0, 0.1) is 0 Å². The maximum Gasteiger partial charge on any atom is 0.0546 e. The largest absolute Gasteiger partial charge is 0.344 e. The van der Waals surface area contributed by atoms with E-state index in [9.17, 15) is 0 Å². The maximum atomic E-state index is 2.43. The van der Waals surface area contributed by atoms with Crippen molar-refractivity contribution in [3.63, 3.8) is 0 Å². The molecule has 0 unspecified atom stereocenters. The Morgan fingerprint density at radius 1 is 0.327 bits per heavy atom. The lowest BCUT2D eigenvalue weighted by Crippen LogP contribution is -2.10. The molecule has 0 bridgehead atoms. The molecule has 11 aromatic rings. The minimum atomic E-state index is 1.11. The Kier molecular flexibility index (Phi) is 7.11. The second-order valence-corrected chi connectivity index (χ2v) is 14.6. The van der Waals surface area contributed by atoms with E-state index in [1.54, 1.807) is 0 Å². The molecule has 0 N–H and O–H groups in total. The molecule has 55 heavy (non-hydrogen) atoms. The number of aromatic nitrogens is 1. The van der Waals surface area contributed by atoms with Gasteiger partial charge in [0.25, 0.3) is 0 Å². The van der Waals surface area contributed by atoms with E-state index in [0.29, 0.717) is 0 Å². The van der Waals surface area contributed by atoms with Crippen molar-refractivity contribution in [2.45, 2.75) is 0 Å². The van der Waals surface area contributed by atoms with Gasteiger partial charge in [0.05, 0.1) is 5.69 Å². The summed E-state index contributed by atoms with van der Waals surface area (Å²) in [6.45, 7) is 0. The number of para-hydroxylation sites is 1. The molecule has 258 valence electrons. The number of hydrogen-bond acceptors (Lipinski definition) is 1. The lowest BCUT2D eigenvalue weighted by Gasteiger charge is -2.28. The van der Waals surface area contributed by atoms with Crippen LogP contribution in [0.2, 0.25) is 0 Å². The zero-order valence-corrected chi connectivity index (χ0v) is 30.4. The van der Waals surface area contributed by atoms with Crippen LogP contribution in [0.25, 0.3) is 87.1 Å². The first-order valence-electron chi connectivity index (χ1n) is 19.0. The highest BCUT2D eigenvalue weighted by molar-refractivity contribution is 6.16. The molecule has 1 aromatic heterocycles. The number of hydrogen-bond donors (Lipinski definition) is 0. The van der Waals surface area contributed by atoms with Gasteiger partial charge in [-0.25, -0.2) is 0 Å². The smallest absolute Gasteiger partial charge is 0.0546 e. The molecular formula is C53H36N2. The third-order valence-corrected chi connectivity index (χ3v) is 11.6. The second-order valence-electron chi connectivity index (χ2n) is 14.6. The van der Waals surface area contributed by atoms with Crippen molar-refractivity contribution >= 4 is 82.0 Å². The number of benzene rings is 10. The quantitative estimate of drug-likeness (QED) is 0.162. The number of nitrogens with zero attached hydrogens (tertiary/aromatic N) is 2. The van der Waals surface area contributed by atoms with E-state index in [4.69, 9.17) is 0 Å². The minimum Gasteiger partial charge on any atom is -0.344 e. The van der Waals surface area contributed by atoms with E-state index in [2.05, 4.69) is 217 Å². The molecule has 0 fully saturated rings. The molecule has 0 atom stereocenters. The SMILES string of the molecule is Cn1c2ccccc2c2cc(-c3ccc(N(c4ccc(-c5cc6ccccc6c6ccccc56)cc4)c4cc5ccccc5c5ccccc45)cc3)ccc21. The van der Waals surface area contributed by atoms with E-state index < -0.39 is 0 Å². The molecule has 0 spiro atoms. The van der Waals surface area contributed by atoms with Crippen molar-refractivity contribution in [2.24, 2.45) is 7.05 Å². The van der Waals surface area contributed by atoms with Crippen molar-refractivity contribution in [1.82, 2.24) is 4.57 Å². The fraction of sp³-hybridized carbons (Fsp3) is 0.0189. The number of fused-ring (bicyclic) bond motifs is 9. The summed E-state index contributed by atoms with van der Waals surface area (Å²) in [5.41, 5.74) is 10.7. The highest BCUT2D eigenvalue weighted by atomic mass is 15.1. The molecule has 1 heterocycles. The first kappa shape index (κ1) is 31.4. The monoisotopic (exact) mass is 700 g/mol. The summed E-state index contributed by atoms with van der Waals surface area (Å²) in [5, 5.41) is 12.6. The number of rotatable bonds is 5. The van der Waals surface area contributed by atoms with Crippen LogP contribution in [0.4, 0.5) is 17.1 Å². The highest BCUT2D eigenvalue weighted by Crippen LogP contribution is 2.44. The predicted molar refractivity (Wildman–Crippen MR) is 236 cm³/mol. The topological polar surface area (TPSA) is 8.17 Å². The van der Waals surface area contributed by atoms with Gasteiger partial charge in [-0.1, -0.05) is 146 Å². The van der Waals surface area contributed by atoms with E-state index in [-0.39, 0.29) is 0 Å². The van der Waals surface area contributed by atoms with Gasteiger partial charge in [0, 0.05) is 45.6 Å². The van der Waals surface area contributed by atoms with Crippen molar-refractivity contribution in [2.75, 3.05) is 4.90 Å². The average molecular weight is 701 g/mol. The van der Waals surface area contributed by atoms with Crippen molar-refractivity contribution < 1.29 is 0 Å². The molecule has 0 aliphatic heterocycles. The van der Waals surface area contributed by atoms with Crippen LogP contribution in [0.1, 0.15) is 0 Å². The normalized spacial score (nSPS) is 11.7. The molecule has 0 radical (unpaired) electrons. The molecule has 2 heteroatoms. The summed E-state index contributed by atoms with van der Waals surface area (Å²) in [5.74, 6) is 0. The summed E-state index contributed by atoms with van der Waals surface area (Å²) in [6, 6.07) is 73.5. The molecule has 0 saturated carbocycles. The van der Waals surface area contributed by atoms with Gasteiger partial charge in [0.2, 0.25) is 0 Å². The van der Waals surface area contributed by atoms with Crippen molar-refractivity contribution in [3.8, 4) is 22.3 Å². The summed E-state index contributed by atoms with van der Waals surface area (Å²) in [7, 11) is 2.15. The van der Waals surface area contributed by atoms with Crippen LogP contribution in [-0.2, 0) is 7.05 Å². The van der Waals surface area contributed by atoms with Gasteiger partial charge in [-0.2, -0.15) is 0 Å². The Bertz CT molecular complexity index is 3260. The Labute approximate surface area is 319 Å². The lowest BCUT2D eigenvalue weighted by atomic mass is 9.93. The van der Waals surface area contributed by atoms with Crippen LogP contribution in [0.3, 0.4) is 0 Å². The molecule has 0 aliphatic rings. The van der Waals surface area contributed by atoms with Crippen LogP contribution >= 0.6 is 0 Å². The Morgan fingerprint density at radius 2 is 0.800 bits per heavy atom. The van der Waals surface area contributed by atoms with Crippen molar-refractivity contribution in [1.29, 1.82) is 0 Å². The molecule has 11 rings (SSSR count). The van der Waals surface area contributed by atoms with Gasteiger partial charge in [-0.3, -0.25) is 0 Å². The van der Waals surface area contributed by atoms with Gasteiger partial charge >= 0.3 is 0 Å². The molecular weight excluding hydrogens is 665 g/mol. The van der Waals surface area contributed by atoms with Gasteiger partial charge in [0.1, 0.15) is 0 Å². The minimum absolute atomic E-state index is 1.11. The van der Waals surface area contributed by atoms with Crippen LogP contribution in [0.5, 0.6) is 0 Å². The summed E-state index contributed by atoms with van der Waals surface area (Å²) < 4.78 is 2.29. The summed E-state index contributed by atoms with van der Waals surface area (Å²) in [4.78, 5) is 2.43. The maximum absolute atomic E-state index is 2.43. The predicted octanol–water partition coefficient (Wildman–Crippen LogP) is 14.7. The molecule has 0 amide bonds. The first-order chi connectivity index (χ1) is 27.2. The van der Waals surface area contributed by atoms with E-state index >= 15 is 0 Å². The number of anilines is 3. The van der Waals surface area contributed by atoms with E-state index in [1.165, 1.54) is 87.1 Å². The first-order valence-corrected chi connectivity index (χ1v) is 19.0. The zero-order valence-electron chi connectivity index (χ0n) is 30.4. The fourth-order valence-corrected chi connectivity index (χ4v) is 8.88. The van der Waals surface area contributed by atoms with Crippen LogP contribution in [-0.4, -0.2) is 4.57 Å². The molecule has 0 saturated heterocycles. The lowest BCUT2D eigenvalue weighted by molar-refractivity contribution is 1.01. The molecule has 10 aromatic carbocycles. The highest BCUT2D eigenvalue weighted by Gasteiger charge is 2.19. The third kappa shape index (κ3) is 5.03. The van der Waals surface area contributed by atoms with Crippen LogP contribution in [0.15, 0.2) is 200 Å². The van der Waals surface area contributed by atoms with Gasteiger partial charge < -0.3 is 9.47 Å². The molecule has 0 aliphatic carbocycles. The third-order valence-electron chi connectivity index (χ3n) is 11.6. The van der Waals surface area contributed by atoms with Crippen molar-refractivity contribution in [3.05, 3.63) is 200 Å². The van der Waals surface area contributed by atoms with Gasteiger partial charge in [-0.05, 0) is 115 Å². The van der Waals surface area contributed by atoms with E-state index in [0.717, 1.165) is 17.1 Å². The van der Waals surface area contributed by atoms with Gasteiger partial charge in [-0.15, -0.1) is 0 Å². The Morgan fingerprint density at radius 3 is 1.47 bits per heavy atom. The number of aryl methyl sites for hydroxylation is 1. The second kappa shape index (κ2) is 12.5. The Balaban J connectivity index is 1.07. The average Bonchev–Trinajstić information content (AvgIpc) is 3.54. The standard InChI is InChI=1S/C53H36N2/c1-54-51-21-11-10-20-48(51)50-32-37(26-31-52(50)54)35-22-27-40(28-23-35)55(53-34-39-13-3-5-15-43(39)45-17-8-9-19-47(45)53)41-29-24-36(25-30-41)49-33-38-12-2-4-14-42(38)44-16-6-7-18-46(44)49/h2-34H,1H3. The zero-order chi connectivity index (χ0) is 36.5. The molecule has 2 nitrogen and oxygen atoms in total. The van der Waals surface area contributed by atoms with Gasteiger partial charge in [0.15, 0.2) is 0 Å².